The lowest BCUT2D eigenvalue weighted by Crippen LogP contribution is -2.13. The Morgan fingerprint density at radius 2 is 1.79 bits per heavy atom. The summed E-state index contributed by atoms with van der Waals surface area (Å²) in [5, 5.41) is 0.968. The number of H-pyrrole nitrogens is 1. The molecule has 0 amide bonds. The second kappa shape index (κ2) is 7.97. The highest BCUT2D eigenvalue weighted by atomic mass is 35.5. The fourth-order valence-corrected chi connectivity index (χ4v) is 2.56. The molecule has 0 bridgehead atoms. The number of halogens is 1. The molecular weight excluding hydrogens is 334 g/mol. The maximum atomic E-state index is 12.6. The Balaban J connectivity index is 2.39. The van der Waals surface area contributed by atoms with E-state index in [1.54, 1.807) is 32.0 Å². The van der Waals surface area contributed by atoms with Crippen LogP contribution in [0.1, 0.15) is 47.5 Å². The van der Waals surface area contributed by atoms with E-state index in [1.807, 2.05) is 0 Å². The zero-order valence-corrected chi connectivity index (χ0v) is 14.2. The molecule has 2 aromatic rings. The van der Waals surface area contributed by atoms with Gasteiger partial charge in [0.15, 0.2) is 5.78 Å². The molecule has 0 fully saturated rings. The van der Waals surface area contributed by atoms with Gasteiger partial charge < -0.3 is 14.5 Å². The number of hydrogen-bond acceptors (Lipinski definition) is 5. The van der Waals surface area contributed by atoms with Crippen molar-refractivity contribution in [1.82, 2.24) is 4.98 Å². The first-order valence-electron chi connectivity index (χ1n) is 7.65. The predicted molar refractivity (Wildman–Crippen MR) is 89.5 cm³/mol. The Morgan fingerprint density at radius 1 is 1.08 bits per heavy atom. The first kappa shape index (κ1) is 18.0. The molecule has 1 aromatic heterocycles. The van der Waals surface area contributed by atoms with E-state index < -0.39 is 11.9 Å². The van der Waals surface area contributed by atoms with Crippen molar-refractivity contribution in [3.8, 4) is 0 Å². The monoisotopic (exact) mass is 351 g/mol. The lowest BCUT2D eigenvalue weighted by atomic mass is 10.0. The second-order valence-electron chi connectivity index (χ2n) is 5.01. The standard InChI is InChI=1S/C17H18ClNO5/c1-3-23-14(21)8-7-13(20)15-11-9-10(18)5-6-12(11)19-16(15)17(22)24-4-2/h5-6,9,19H,3-4,7-8H2,1-2H3. The molecule has 6 nitrogen and oxygen atoms in total. The maximum absolute atomic E-state index is 12.6. The molecule has 24 heavy (non-hydrogen) atoms. The smallest absolute Gasteiger partial charge is 0.355 e. The highest BCUT2D eigenvalue weighted by molar-refractivity contribution is 6.31. The highest BCUT2D eigenvalue weighted by Gasteiger charge is 2.24. The average molecular weight is 352 g/mol. The van der Waals surface area contributed by atoms with Gasteiger partial charge in [0.1, 0.15) is 5.69 Å². The van der Waals surface area contributed by atoms with Crippen LogP contribution in [0.3, 0.4) is 0 Å². The maximum Gasteiger partial charge on any atom is 0.355 e. The summed E-state index contributed by atoms with van der Waals surface area (Å²) in [4.78, 5) is 39.1. The van der Waals surface area contributed by atoms with E-state index >= 15 is 0 Å². The molecule has 1 N–H and O–H groups in total. The van der Waals surface area contributed by atoms with Gasteiger partial charge in [0.25, 0.3) is 0 Å². The topological polar surface area (TPSA) is 85.5 Å². The Kier molecular flexibility index (Phi) is 5.98. The third kappa shape index (κ3) is 3.94. The van der Waals surface area contributed by atoms with Crippen LogP contribution in [0, 0.1) is 0 Å². The number of ketones is 1. The Morgan fingerprint density at radius 3 is 2.46 bits per heavy atom. The molecule has 0 saturated carbocycles. The summed E-state index contributed by atoms with van der Waals surface area (Å²) in [5.74, 6) is -1.43. The number of carbonyl (C=O) groups is 3. The summed E-state index contributed by atoms with van der Waals surface area (Å²) < 4.78 is 9.82. The van der Waals surface area contributed by atoms with Gasteiger partial charge in [0.05, 0.1) is 25.2 Å². The molecule has 0 aliphatic carbocycles. The van der Waals surface area contributed by atoms with Crippen LogP contribution < -0.4 is 0 Å². The number of fused-ring (bicyclic) bond motifs is 1. The predicted octanol–water partition coefficient (Wildman–Crippen LogP) is 3.52. The number of Topliss-reactive ketones (excluding diaryl/α,β-unsaturated/α-hetero) is 1. The quantitative estimate of drug-likeness (QED) is 0.609. The molecule has 0 saturated heterocycles. The second-order valence-corrected chi connectivity index (χ2v) is 5.45. The van der Waals surface area contributed by atoms with Crippen molar-refractivity contribution in [2.45, 2.75) is 26.7 Å². The van der Waals surface area contributed by atoms with Crippen LogP contribution in [0.4, 0.5) is 0 Å². The van der Waals surface area contributed by atoms with Gasteiger partial charge >= 0.3 is 11.9 Å². The Labute approximate surface area is 144 Å². The van der Waals surface area contributed by atoms with E-state index in [-0.39, 0.29) is 43.1 Å². The van der Waals surface area contributed by atoms with E-state index in [0.717, 1.165) is 0 Å². The molecule has 1 heterocycles. The van der Waals surface area contributed by atoms with Crippen molar-refractivity contribution in [3.05, 3.63) is 34.5 Å². The lowest BCUT2D eigenvalue weighted by molar-refractivity contribution is -0.143. The van der Waals surface area contributed by atoms with E-state index in [4.69, 9.17) is 21.1 Å². The van der Waals surface area contributed by atoms with Crippen LogP contribution in [-0.4, -0.2) is 35.9 Å². The number of esters is 2. The number of ether oxygens (including phenoxy) is 2. The number of aromatic amines is 1. The molecule has 0 unspecified atom stereocenters. The molecule has 7 heteroatoms. The molecule has 2 rings (SSSR count). The number of benzene rings is 1. The van der Waals surface area contributed by atoms with Crippen molar-refractivity contribution < 1.29 is 23.9 Å². The number of rotatable bonds is 7. The first-order valence-corrected chi connectivity index (χ1v) is 8.02. The fraction of sp³-hybridized carbons (Fsp3) is 0.353. The van der Waals surface area contributed by atoms with E-state index in [0.29, 0.717) is 15.9 Å². The first-order chi connectivity index (χ1) is 11.5. The average Bonchev–Trinajstić information content (AvgIpc) is 2.92. The number of aromatic nitrogens is 1. The van der Waals surface area contributed by atoms with Crippen molar-refractivity contribution in [2.24, 2.45) is 0 Å². The molecule has 0 atom stereocenters. The fourth-order valence-electron chi connectivity index (χ4n) is 2.38. The zero-order valence-electron chi connectivity index (χ0n) is 13.5. The number of carbonyl (C=O) groups excluding carboxylic acids is 3. The summed E-state index contributed by atoms with van der Waals surface area (Å²) >= 11 is 6.00. The van der Waals surface area contributed by atoms with Crippen LogP contribution in [0.25, 0.3) is 10.9 Å². The van der Waals surface area contributed by atoms with Gasteiger partial charge in [0.2, 0.25) is 0 Å². The third-order valence-electron chi connectivity index (χ3n) is 3.38. The van der Waals surface area contributed by atoms with Gasteiger partial charge in [0, 0.05) is 22.3 Å². The normalized spacial score (nSPS) is 10.6. The summed E-state index contributed by atoms with van der Waals surface area (Å²) in [6.07, 6.45) is -0.118. The van der Waals surface area contributed by atoms with Gasteiger partial charge in [-0.15, -0.1) is 0 Å². The summed E-state index contributed by atoms with van der Waals surface area (Å²) in [6.45, 7) is 3.81. The van der Waals surface area contributed by atoms with Crippen LogP contribution in [0.5, 0.6) is 0 Å². The molecule has 1 aromatic carbocycles. The molecule has 0 spiro atoms. The minimum absolute atomic E-state index is 0.0534. The summed E-state index contributed by atoms with van der Waals surface area (Å²) in [7, 11) is 0. The van der Waals surface area contributed by atoms with Crippen molar-refractivity contribution >= 4 is 40.2 Å². The number of nitrogens with one attached hydrogen (secondary N) is 1. The molecular formula is C17H18ClNO5. The Hall–Kier alpha value is -2.34. The van der Waals surface area contributed by atoms with Crippen LogP contribution in [0.15, 0.2) is 18.2 Å². The molecule has 0 radical (unpaired) electrons. The molecule has 128 valence electrons. The highest BCUT2D eigenvalue weighted by Crippen LogP contribution is 2.27. The van der Waals surface area contributed by atoms with Gasteiger partial charge in [-0.3, -0.25) is 9.59 Å². The minimum atomic E-state index is -0.621. The summed E-state index contributed by atoms with van der Waals surface area (Å²) in [5.41, 5.74) is 0.861. The van der Waals surface area contributed by atoms with Gasteiger partial charge in [-0.05, 0) is 32.0 Å². The Bertz CT molecular complexity index is 781. The SMILES string of the molecule is CCOC(=O)CCC(=O)c1c(C(=O)OCC)[nH]c2ccc(Cl)cc12. The third-order valence-corrected chi connectivity index (χ3v) is 3.62. The van der Waals surface area contributed by atoms with Gasteiger partial charge in [-0.25, -0.2) is 4.79 Å². The zero-order chi connectivity index (χ0) is 17.7. The molecule has 0 aliphatic rings. The van der Waals surface area contributed by atoms with Crippen LogP contribution in [-0.2, 0) is 14.3 Å². The van der Waals surface area contributed by atoms with Crippen LogP contribution in [0.2, 0.25) is 5.02 Å². The van der Waals surface area contributed by atoms with Gasteiger partial charge in [-0.2, -0.15) is 0 Å². The molecule has 0 aliphatic heterocycles. The lowest BCUT2D eigenvalue weighted by Gasteiger charge is -2.05. The van der Waals surface area contributed by atoms with Crippen molar-refractivity contribution in [2.75, 3.05) is 13.2 Å². The van der Waals surface area contributed by atoms with E-state index in [9.17, 15) is 14.4 Å². The minimum Gasteiger partial charge on any atom is -0.466 e. The summed E-state index contributed by atoms with van der Waals surface area (Å²) in [6, 6.07) is 4.94. The largest absolute Gasteiger partial charge is 0.466 e. The van der Waals surface area contributed by atoms with E-state index in [1.165, 1.54) is 0 Å². The van der Waals surface area contributed by atoms with Crippen molar-refractivity contribution in [3.63, 3.8) is 0 Å². The number of hydrogen-bond donors (Lipinski definition) is 1. The van der Waals surface area contributed by atoms with Crippen LogP contribution >= 0.6 is 11.6 Å². The van der Waals surface area contributed by atoms with Gasteiger partial charge in [-0.1, -0.05) is 11.6 Å². The van der Waals surface area contributed by atoms with Crippen molar-refractivity contribution in [1.29, 1.82) is 0 Å². The van der Waals surface area contributed by atoms with E-state index in [2.05, 4.69) is 4.98 Å².